The van der Waals surface area contributed by atoms with Crippen LogP contribution in [-0.2, 0) is 14.8 Å². The molecule has 2 aromatic rings. The minimum absolute atomic E-state index is 0.217. The lowest BCUT2D eigenvalue weighted by Crippen LogP contribution is -2.41. The maximum atomic E-state index is 12.8. The second-order valence-electron chi connectivity index (χ2n) is 6.97. The quantitative estimate of drug-likeness (QED) is 0.675. The van der Waals surface area contributed by atoms with Crippen molar-refractivity contribution in [3.63, 3.8) is 0 Å². The zero-order chi connectivity index (χ0) is 21.8. The number of carbonyl (C=O) groups is 1. The molecular formula is C21H27ClN2O4S. The van der Waals surface area contributed by atoms with E-state index in [4.69, 9.17) is 16.3 Å². The summed E-state index contributed by atoms with van der Waals surface area (Å²) in [5, 5.41) is 3.29. The maximum Gasteiger partial charge on any atom is 0.241 e. The number of anilines is 1. The van der Waals surface area contributed by atoms with Crippen LogP contribution in [0.5, 0.6) is 5.75 Å². The lowest BCUT2D eigenvalue weighted by molar-refractivity contribution is -0.120. The van der Waals surface area contributed by atoms with Gasteiger partial charge in [-0.2, -0.15) is 0 Å². The van der Waals surface area contributed by atoms with Gasteiger partial charge in [-0.05, 0) is 49.6 Å². The predicted octanol–water partition coefficient (Wildman–Crippen LogP) is 4.00. The number of hydrogen-bond donors (Lipinski definition) is 1. The van der Waals surface area contributed by atoms with Crippen LogP contribution < -0.4 is 14.4 Å². The maximum absolute atomic E-state index is 12.8. The number of aryl methyl sites for hydroxylation is 2. The molecule has 0 heterocycles. The molecule has 2 rings (SSSR count). The zero-order valence-electron chi connectivity index (χ0n) is 17.3. The molecule has 0 aliphatic rings. The van der Waals surface area contributed by atoms with Crippen molar-refractivity contribution >= 4 is 33.2 Å². The van der Waals surface area contributed by atoms with E-state index < -0.39 is 15.9 Å². The number of ether oxygens (including phenoxy) is 1. The van der Waals surface area contributed by atoms with Crippen LogP contribution in [0.1, 0.15) is 36.1 Å². The Bertz CT molecular complexity index is 992. The van der Waals surface area contributed by atoms with E-state index in [0.717, 1.165) is 27.3 Å². The van der Waals surface area contributed by atoms with Crippen LogP contribution in [0.4, 0.5) is 5.69 Å². The Morgan fingerprint density at radius 1 is 1.21 bits per heavy atom. The van der Waals surface area contributed by atoms with Crippen LogP contribution >= 0.6 is 11.6 Å². The molecule has 0 aromatic heterocycles. The molecule has 1 amide bonds. The first-order chi connectivity index (χ1) is 13.6. The summed E-state index contributed by atoms with van der Waals surface area (Å²) in [6, 6.07) is 10.5. The summed E-state index contributed by atoms with van der Waals surface area (Å²) in [6.07, 6.45) is 1.72. The summed E-state index contributed by atoms with van der Waals surface area (Å²) in [7, 11) is -2.32. The molecule has 2 aromatic carbocycles. The van der Waals surface area contributed by atoms with Crippen molar-refractivity contribution in [2.24, 2.45) is 0 Å². The van der Waals surface area contributed by atoms with Crippen molar-refractivity contribution in [1.82, 2.24) is 5.32 Å². The van der Waals surface area contributed by atoms with Crippen molar-refractivity contribution in [2.45, 2.75) is 33.2 Å². The number of amides is 1. The van der Waals surface area contributed by atoms with Crippen molar-refractivity contribution in [3.8, 4) is 5.75 Å². The third-order valence-electron chi connectivity index (χ3n) is 4.64. The normalized spacial score (nSPS) is 12.3. The molecule has 0 spiro atoms. The number of benzene rings is 2. The summed E-state index contributed by atoms with van der Waals surface area (Å²) in [5.41, 5.74) is 3.45. The van der Waals surface area contributed by atoms with Gasteiger partial charge in [-0.25, -0.2) is 8.42 Å². The Hall–Kier alpha value is -2.25. The highest BCUT2D eigenvalue weighted by Crippen LogP contribution is 2.32. The van der Waals surface area contributed by atoms with Crippen LogP contribution in [0.2, 0.25) is 5.02 Å². The molecule has 0 saturated heterocycles. The molecular weight excluding hydrogens is 412 g/mol. The second-order valence-corrected chi connectivity index (χ2v) is 9.32. The SMILES string of the molecule is CCC(NC(=O)CN(c1cc(Cl)ccc1OC)S(C)(=O)=O)c1ccc(C)cc1C. The van der Waals surface area contributed by atoms with E-state index in [2.05, 4.69) is 11.4 Å². The first-order valence-corrected chi connectivity index (χ1v) is 11.5. The molecule has 0 radical (unpaired) electrons. The van der Waals surface area contributed by atoms with Crippen LogP contribution in [0.25, 0.3) is 0 Å². The van der Waals surface area contributed by atoms with Crippen LogP contribution in [0.15, 0.2) is 36.4 Å². The Morgan fingerprint density at radius 3 is 2.45 bits per heavy atom. The molecule has 1 N–H and O–H groups in total. The molecule has 29 heavy (non-hydrogen) atoms. The average Bonchev–Trinajstić information content (AvgIpc) is 2.63. The van der Waals surface area contributed by atoms with Gasteiger partial charge in [0, 0.05) is 5.02 Å². The number of sulfonamides is 1. The van der Waals surface area contributed by atoms with Crippen molar-refractivity contribution in [3.05, 3.63) is 58.1 Å². The molecule has 1 atom stereocenters. The second kappa shape index (κ2) is 9.50. The highest BCUT2D eigenvalue weighted by molar-refractivity contribution is 7.92. The summed E-state index contributed by atoms with van der Waals surface area (Å²) >= 11 is 6.04. The Morgan fingerprint density at radius 2 is 1.90 bits per heavy atom. The monoisotopic (exact) mass is 438 g/mol. The number of nitrogens with zero attached hydrogens (tertiary/aromatic N) is 1. The highest BCUT2D eigenvalue weighted by atomic mass is 35.5. The van der Waals surface area contributed by atoms with E-state index in [1.54, 1.807) is 12.1 Å². The Labute approximate surface area is 177 Å². The smallest absolute Gasteiger partial charge is 0.241 e. The number of methoxy groups -OCH3 is 1. The van der Waals surface area contributed by atoms with Crippen LogP contribution in [0.3, 0.4) is 0 Å². The van der Waals surface area contributed by atoms with Gasteiger partial charge >= 0.3 is 0 Å². The average molecular weight is 439 g/mol. The fourth-order valence-corrected chi connectivity index (χ4v) is 4.24. The Balaban J connectivity index is 2.30. The van der Waals surface area contributed by atoms with Crippen LogP contribution in [0, 0.1) is 13.8 Å². The zero-order valence-corrected chi connectivity index (χ0v) is 18.9. The third kappa shape index (κ3) is 5.87. The minimum Gasteiger partial charge on any atom is -0.495 e. The van der Waals surface area contributed by atoms with Crippen molar-refractivity contribution in [1.29, 1.82) is 0 Å². The molecule has 1 unspecified atom stereocenters. The molecule has 8 heteroatoms. The molecule has 0 aliphatic heterocycles. The van der Waals surface area contributed by atoms with Gasteiger partial charge in [0.2, 0.25) is 15.9 Å². The predicted molar refractivity (Wildman–Crippen MR) is 117 cm³/mol. The van der Waals surface area contributed by atoms with Crippen molar-refractivity contribution < 1.29 is 17.9 Å². The van der Waals surface area contributed by atoms with Gasteiger partial charge in [0.15, 0.2) is 0 Å². The van der Waals surface area contributed by atoms with Gasteiger partial charge in [0.1, 0.15) is 12.3 Å². The third-order valence-corrected chi connectivity index (χ3v) is 6.00. The molecule has 0 aliphatic carbocycles. The fraction of sp³-hybridized carbons (Fsp3) is 0.381. The van der Waals surface area contributed by atoms with E-state index in [0.29, 0.717) is 17.2 Å². The van der Waals surface area contributed by atoms with Crippen LogP contribution in [-0.4, -0.2) is 34.2 Å². The fourth-order valence-electron chi connectivity index (χ4n) is 3.23. The molecule has 0 saturated carbocycles. The van der Waals surface area contributed by atoms with E-state index in [1.165, 1.54) is 13.2 Å². The van der Waals surface area contributed by atoms with Gasteiger partial charge in [-0.15, -0.1) is 0 Å². The topological polar surface area (TPSA) is 75.7 Å². The molecule has 0 bridgehead atoms. The lowest BCUT2D eigenvalue weighted by atomic mass is 9.97. The standard InChI is InChI=1S/C21H27ClN2O4S/c1-6-18(17-9-7-14(2)11-15(17)3)23-21(25)13-24(29(5,26)27)19-12-16(22)8-10-20(19)28-4/h7-12,18H,6,13H2,1-5H3,(H,23,25). The minimum atomic E-state index is -3.75. The van der Waals surface area contributed by atoms with Gasteiger partial charge in [-0.1, -0.05) is 42.3 Å². The summed E-state index contributed by atoms with van der Waals surface area (Å²) < 4.78 is 31.1. The summed E-state index contributed by atoms with van der Waals surface area (Å²) in [4.78, 5) is 12.8. The van der Waals surface area contributed by atoms with E-state index in [-0.39, 0.29) is 18.3 Å². The number of hydrogen-bond acceptors (Lipinski definition) is 4. The highest BCUT2D eigenvalue weighted by Gasteiger charge is 2.25. The van der Waals surface area contributed by atoms with E-state index >= 15 is 0 Å². The summed E-state index contributed by atoms with van der Waals surface area (Å²) in [5.74, 6) is -0.0988. The molecule has 158 valence electrons. The lowest BCUT2D eigenvalue weighted by Gasteiger charge is -2.26. The number of rotatable bonds is 8. The van der Waals surface area contributed by atoms with Gasteiger partial charge in [0.25, 0.3) is 0 Å². The van der Waals surface area contributed by atoms with Crippen molar-refractivity contribution in [2.75, 3.05) is 24.2 Å². The Kier molecular flexibility index (Phi) is 7.54. The summed E-state index contributed by atoms with van der Waals surface area (Å²) in [6.45, 7) is 5.60. The first-order valence-electron chi connectivity index (χ1n) is 9.24. The molecule has 0 fully saturated rings. The van der Waals surface area contributed by atoms with E-state index in [1.807, 2.05) is 32.9 Å². The number of halogens is 1. The van der Waals surface area contributed by atoms with Gasteiger partial charge in [0.05, 0.1) is 25.1 Å². The van der Waals surface area contributed by atoms with E-state index in [9.17, 15) is 13.2 Å². The van der Waals surface area contributed by atoms with Gasteiger partial charge < -0.3 is 10.1 Å². The number of carbonyl (C=O) groups excluding carboxylic acids is 1. The van der Waals surface area contributed by atoms with Gasteiger partial charge in [-0.3, -0.25) is 9.10 Å². The first kappa shape index (κ1) is 23.0. The largest absolute Gasteiger partial charge is 0.495 e. The molecule has 6 nitrogen and oxygen atoms in total. The number of nitrogens with one attached hydrogen (secondary N) is 1.